The van der Waals surface area contributed by atoms with Gasteiger partial charge in [0.15, 0.2) is 0 Å². The largest absolute Gasteiger partial charge is 0.473 e. The van der Waals surface area contributed by atoms with E-state index in [2.05, 4.69) is 83.3 Å². The van der Waals surface area contributed by atoms with Crippen LogP contribution in [0.2, 0.25) is 13.1 Å². The van der Waals surface area contributed by atoms with Crippen LogP contribution in [0.3, 0.4) is 0 Å². The van der Waals surface area contributed by atoms with Gasteiger partial charge in [-0.05, 0) is 11.6 Å². The number of hydrogen-bond acceptors (Lipinski definition) is 1. The van der Waals surface area contributed by atoms with E-state index in [1.54, 1.807) is 35.9 Å². The molecule has 0 N–H and O–H groups in total. The van der Waals surface area contributed by atoms with Crippen molar-refractivity contribution in [2.75, 3.05) is 0 Å². The van der Waals surface area contributed by atoms with E-state index in [0.717, 1.165) is 5.56 Å². The summed E-state index contributed by atoms with van der Waals surface area (Å²) in [5, 5.41) is 2.57. The van der Waals surface area contributed by atoms with Crippen molar-refractivity contribution in [2.45, 2.75) is 40.8 Å². The molecule has 1 nitrogen and oxygen atoms in total. The van der Waals surface area contributed by atoms with Gasteiger partial charge in [-0.15, -0.1) is 46.7 Å². The van der Waals surface area contributed by atoms with Crippen LogP contribution in [-0.4, -0.2) is 5.43 Å². The van der Waals surface area contributed by atoms with Gasteiger partial charge in [-0.3, -0.25) is 0 Å². The maximum absolute atomic E-state index is 5.09. The van der Waals surface area contributed by atoms with E-state index < -0.39 is 0 Å². The molecule has 0 bridgehead atoms. The monoisotopic (exact) mass is 450 g/mol. The van der Waals surface area contributed by atoms with Gasteiger partial charge >= 0.3 is 41.9 Å². The molecule has 27 heavy (non-hydrogen) atoms. The van der Waals surface area contributed by atoms with Crippen molar-refractivity contribution in [3.05, 3.63) is 83.3 Å². The molecule has 138 valence electrons. The van der Waals surface area contributed by atoms with Crippen LogP contribution in [0.25, 0.3) is 21.9 Å². The Bertz CT molecular complexity index is 976. The van der Waals surface area contributed by atoms with E-state index in [1.807, 2.05) is 6.07 Å². The summed E-state index contributed by atoms with van der Waals surface area (Å²) < 4.78 is 5.09. The Morgan fingerprint density at radius 1 is 0.926 bits per heavy atom. The Balaban J connectivity index is 0.000000174. The summed E-state index contributed by atoms with van der Waals surface area (Å²) in [7, 11) is 0. The molecule has 3 heteroatoms. The van der Waals surface area contributed by atoms with E-state index in [0.29, 0.717) is 0 Å². The van der Waals surface area contributed by atoms with Crippen molar-refractivity contribution in [1.82, 2.24) is 0 Å². The summed E-state index contributed by atoms with van der Waals surface area (Å²) in [4.78, 5) is 0. The molecule has 0 radical (unpaired) electrons. The molecule has 0 fully saturated rings. The fourth-order valence-corrected chi connectivity index (χ4v) is 2.95. The second-order valence-corrected chi connectivity index (χ2v) is 16.5. The van der Waals surface area contributed by atoms with E-state index in [1.165, 1.54) is 38.6 Å². The topological polar surface area (TPSA) is 13.1 Å². The van der Waals surface area contributed by atoms with Gasteiger partial charge < -0.3 is 4.42 Å². The third kappa shape index (κ3) is 6.02. The van der Waals surface area contributed by atoms with Gasteiger partial charge in [0.2, 0.25) is 0 Å². The number of hydrogen-bond donors (Lipinski definition) is 0. The van der Waals surface area contributed by atoms with Crippen molar-refractivity contribution in [1.29, 1.82) is 0 Å². The molecule has 0 aliphatic carbocycles. The first-order chi connectivity index (χ1) is 12.8. The van der Waals surface area contributed by atoms with Crippen molar-refractivity contribution in [2.24, 2.45) is 0 Å². The molecule has 4 rings (SSSR count). The molecule has 3 aromatic carbocycles. The fraction of sp³-hybridized carbons (Fsp3) is 0.250. The summed E-state index contributed by atoms with van der Waals surface area (Å²) in [5.41, 5.74) is 8.35. The molecule has 1 aromatic heterocycles. The Kier molecular flexibility index (Phi) is 8.26. The van der Waals surface area contributed by atoms with Crippen LogP contribution in [-0.2, 0) is 23.3 Å². The number of fused-ring (bicyclic) bond motifs is 1. The number of furan rings is 1. The van der Waals surface area contributed by atoms with E-state index >= 15 is 0 Å². The summed E-state index contributed by atoms with van der Waals surface area (Å²) in [6.45, 7) is 13.3. The van der Waals surface area contributed by atoms with Crippen molar-refractivity contribution in [3.63, 3.8) is 0 Å². The molecule has 0 amide bonds. The smallest absolute Gasteiger partial charge is 0.0900 e. The van der Waals surface area contributed by atoms with Crippen LogP contribution in [0.5, 0.6) is 0 Å². The van der Waals surface area contributed by atoms with Crippen molar-refractivity contribution in [3.8, 4) is 11.1 Å². The van der Waals surface area contributed by atoms with Gasteiger partial charge in [0.1, 0.15) is 0 Å². The Hall–Kier alpha value is -1.44. The molecule has 0 saturated heterocycles. The zero-order valence-corrected chi connectivity index (χ0v) is 20.6. The van der Waals surface area contributed by atoms with Crippen LogP contribution in [0.1, 0.15) is 22.3 Å². The van der Waals surface area contributed by atoms with Gasteiger partial charge in [-0.1, -0.05) is 33.8 Å². The molecular formula is C24H28OSiZr. The summed E-state index contributed by atoms with van der Waals surface area (Å²) in [6.07, 6.45) is 3.48. The second kappa shape index (κ2) is 10.2. The molecule has 4 aromatic rings. The average Bonchev–Trinajstić information content (AvgIpc) is 3.33. The van der Waals surface area contributed by atoms with Gasteiger partial charge in [0.05, 0.1) is 12.5 Å². The molecule has 0 saturated carbocycles. The van der Waals surface area contributed by atoms with Crippen molar-refractivity contribution < 1.29 is 27.8 Å². The number of rotatable bonds is 1. The fourth-order valence-electron chi connectivity index (χ4n) is 2.95. The Morgan fingerprint density at radius 2 is 1.52 bits per heavy atom. The van der Waals surface area contributed by atoms with E-state index in [4.69, 9.17) is 4.42 Å². The Morgan fingerprint density at radius 3 is 2.00 bits per heavy atom. The zero-order valence-electron chi connectivity index (χ0n) is 17.2. The summed E-state index contributed by atoms with van der Waals surface area (Å²) in [5.74, 6) is 0. The SMILES string of the molecule is C[Si](C)=[Zr+2].Cc1[cH-]c(C)c(C)c1C.c1ccc2c(-c3ccoc3)c[cH-]c2c1. The van der Waals surface area contributed by atoms with Crippen LogP contribution in [0, 0.1) is 27.7 Å². The molecule has 0 unspecified atom stereocenters. The maximum Gasteiger partial charge on any atom is 0.0900 e. The van der Waals surface area contributed by atoms with Gasteiger partial charge in [-0.25, -0.2) is 0 Å². The third-order valence-electron chi connectivity index (χ3n) is 4.69. The van der Waals surface area contributed by atoms with E-state index in [-0.39, 0.29) is 5.43 Å². The van der Waals surface area contributed by atoms with Crippen molar-refractivity contribution >= 4 is 16.2 Å². The molecular weight excluding hydrogens is 424 g/mol. The van der Waals surface area contributed by atoms with Crippen LogP contribution in [0.4, 0.5) is 0 Å². The maximum atomic E-state index is 5.09. The Labute approximate surface area is 178 Å². The number of aryl methyl sites for hydroxylation is 2. The molecule has 1 heterocycles. The minimum Gasteiger partial charge on any atom is -0.473 e. The standard InChI is InChI=1S/C13H9O.C9H13.C2H6Si.Zr/c1-2-4-12-10(3-1)5-6-13(12)11-7-8-14-9-11;1-6-5-7(2)9(4)8(6)3;1-3-2;/h1-9H;5H,1-4H3;1-2H3;/q2*-1;;+2. The molecule has 0 aliphatic rings. The average molecular weight is 452 g/mol. The first-order valence-corrected chi connectivity index (χ1v) is 15.4. The molecule has 0 spiro atoms. The van der Waals surface area contributed by atoms with Gasteiger partial charge in [0, 0.05) is 0 Å². The van der Waals surface area contributed by atoms with Crippen LogP contribution in [0.15, 0.2) is 65.5 Å². The quantitative estimate of drug-likeness (QED) is 0.219. The van der Waals surface area contributed by atoms with E-state index in [9.17, 15) is 0 Å². The predicted molar refractivity (Wildman–Crippen MR) is 116 cm³/mol. The molecule has 0 aliphatic heterocycles. The third-order valence-corrected chi connectivity index (χ3v) is 4.69. The first kappa shape index (κ1) is 21.9. The normalized spacial score (nSPS) is 10.1. The first-order valence-electron chi connectivity index (χ1n) is 9.20. The van der Waals surface area contributed by atoms with Gasteiger partial charge in [-0.2, -0.15) is 28.3 Å². The predicted octanol–water partition coefficient (Wildman–Crippen LogP) is 7.24. The molecule has 0 atom stereocenters. The van der Waals surface area contributed by atoms with Crippen LogP contribution >= 0.6 is 0 Å². The summed E-state index contributed by atoms with van der Waals surface area (Å²) in [6, 6.07) is 16.9. The minimum atomic E-state index is 0.210. The second-order valence-electron chi connectivity index (χ2n) is 7.11. The summed E-state index contributed by atoms with van der Waals surface area (Å²) >= 11 is 1.74. The number of benzene rings is 1. The minimum absolute atomic E-state index is 0.210. The van der Waals surface area contributed by atoms with Gasteiger partial charge in [0.25, 0.3) is 0 Å². The zero-order chi connectivity index (χ0) is 20.0. The van der Waals surface area contributed by atoms with Crippen LogP contribution < -0.4 is 0 Å².